The Bertz CT molecular complexity index is 496. The van der Waals surface area contributed by atoms with Crippen LogP contribution in [-0.2, 0) is 15.1 Å². The van der Waals surface area contributed by atoms with E-state index in [0.29, 0.717) is 13.2 Å². The van der Waals surface area contributed by atoms with Crippen LogP contribution in [0.15, 0.2) is 30.3 Å². The second-order valence-electron chi connectivity index (χ2n) is 6.59. The van der Waals surface area contributed by atoms with E-state index >= 15 is 0 Å². The zero-order valence-electron chi connectivity index (χ0n) is 14.0. The van der Waals surface area contributed by atoms with Gasteiger partial charge in [-0.15, -0.1) is 0 Å². The van der Waals surface area contributed by atoms with Crippen LogP contribution < -0.4 is 0 Å². The molecular weight excluding hydrogens is 290 g/mol. The molecule has 1 aromatic rings. The summed E-state index contributed by atoms with van der Waals surface area (Å²) in [6.45, 7) is 7.93. The number of rotatable bonds is 5. The highest BCUT2D eigenvalue weighted by atomic mass is 16.5. The molecule has 0 amide bonds. The summed E-state index contributed by atoms with van der Waals surface area (Å²) in [6, 6.07) is 10.2. The number of carbonyl (C=O) groups is 1. The molecular formula is C18H27N3O2. The van der Waals surface area contributed by atoms with Crippen LogP contribution >= 0.6 is 0 Å². The summed E-state index contributed by atoms with van der Waals surface area (Å²) in [6.07, 6.45) is 1.16. The summed E-state index contributed by atoms with van der Waals surface area (Å²) in [5.41, 5.74) is 0.525. The number of carbonyl (C=O) groups excluding carboxylic acids is 1. The van der Waals surface area contributed by atoms with Crippen molar-refractivity contribution in [2.75, 3.05) is 66.1 Å². The summed E-state index contributed by atoms with van der Waals surface area (Å²) < 4.78 is 5.50. The Morgan fingerprint density at radius 1 is 1.04 bits per heavy atom. The summed E-state index contributed by atoms with van der Waals surface area (Å²) in [4.78, 5) is 19.4. The van der Waals surface area contributed by atoms with Crippen molar-refractivity contribution < 1.29 is 9.53 Å². The third-order valence-electron chi connectivity index (χ3n) is 5.10. The van der Waals surface area contributed by atoms with Crippen molar-refractivity contribution in [2.24, 2.45) is 0 Å². The van der Waals surface area contributed by atoms with Gasteiger partial charge >= 0.3 is 0 Å². The molecule has 2 fully saturated rings. The maximum Gasteiger partial charge on any atom is 0.146 e. The van der Waals surface area contributed by atoms with Gasteiger partial charge in [-0.2, -0.15) is 0 Å². The first kappa shape index (κ1) is 16.6. The van der Waals surface area contributed by atoms with E-state index in [1.54, 1.807) is 0 Å². The molecule has 5 heteroatoms. The van der Waals surface area contributed by atoms with Gasteiger partial charge in [-0.3, -0.25) is 9.80 Å². The number of ether oxygens (including phenoxy) is 1. The smallest absolute Gasteiger partial charge is 0.146 e. The quantitative estimate of drug-likeness (QED) is 0.746. The Morgan fingerprint density at radius 2 is 1.70 bits per heavy atom. The van der Waals surface area contributed by atoms with Crippen LogP contribution in [0, 0.1) is 0 Å². The monoisotopic (exact) mass is 317 g/mol. The maximum atomic E-state index is 12.3. The van der Waals surface area contributed by atoms with Crippen LogP contribution in [0.1, 0.15) is 5.56 Å². The normalized spacial score (nSPS) is 24.2. The van der Waals surface area contributed by atoms with E-state index in [0.717, 1.165) is 57.7 Å². The minimum atomic E-state index is -0.569. The number of likely N-dealkylation sites (N-methyl/N-ethyl adjacent to an activating group) is 1. The molecule has 2 saturated heterocycles. The number of piperazine rings is 1. The lowest BCUT2D eigenvalue weighted by molar-refractivity contribution is -0.125. The predicted molar refractivity (Wildman–Crippen MR) is 90.5 cm³/mol. The van der Waals surface area contributed by atoms with Gasteiger partial charge < -0.3 is 14.4 Å². The van der Waals surface area contributed by atoms with Crippen molar-refractivity contribution in [3.05, 3.63) is 35.9 Å². The van der Waals surface area contributed by atoms with E-state index in [2.05, 4.69) is 33.9 Å². The van der Waals surface area contributed by atoms with Gasteiger partial charge in [0.25, 0.3) is 0 Å². The first-order chi connectivity index (χ1) is 11.2. The number of aldehydes is 1. The zero-order valence-corrected chi connectivity index (χ0v) is 14.0. The Labute approximate surface area is 138 Å². The van der Waals surface area contributed by atoms with Crippen molar-refractivity contribution in [2.45, 2.75) is 5.54 Å². The van der Waals surface area contributed by atoms with Gasteiger partial charge in [0.1, 0.15) is 11.8 Å². The number of hydrogen-bond acceptors (Lipinski definition) is 5. The molecule has 1 aromatic carbocycles. The van der Waals surface area contributed by atoms with Crippen LogP contribution in [0.5, 0.6) is 0 Å². The average Bonchev–Trinajstić information content (AvgIpc) is 2.63. The molecule has 23 heavy (non-hydrogen) atoms. The van der Waals surface area contributed by atoms with E-state index in [9.17, 15) is 4.79 Å². The summed E-state index contributed by atoms with van der Waals surface area (Å²) in [5, 5.41) is 0. The Hall–Kier alpha value is -1.27. The number of nitrogens with zero attached hydrogens (tertiary/aromatic N) is 3. The second kappa shape index (κ2) is 7.53. The van der Waals surface area contributed by atoms with E-state index in [1.165, 1.54) is 0 Å². The van der Waals surface area contributed by atoms with Crippen LogP contribution in [-0.4, -0.2) is 87.1 Å². The largest absolute Gasteiger partial charge is 0.379 e. The Morgan fingerprint density at radius 3 is 2.30 bits per heavy atom. The first-order valence-electron chi connectivity index (χ1n) is 8.50. The molecule has 0 saturated carbocycles. The topological polar surface area (TPSA) is 36.0 Å². The minimum absolute atomic E-state index is 0.569. The summed E-state index contributed by atoms with van der Waals surface area (Å²) in [7, 11) is 2.16. The van der Waals surface area contributed by atoms with Crippen molar-refractivity contribution in [3.8, 4) is 0 Å². The third-order valence-corrected chi connectivity index (χ3v) is 5.10. The zero-order chi connectivity index (χ0) is 16.1. The molecule has 126 valence electrons. The van der Waals surface area contributed by atoms with Gasteiger partial charge in [0.15, 0.2) is 0 Å². The van der Waals surface area contributed by atoms with Gasteiger partial charge in [-0.05, 0) is 12.6 Å². The predicted octanol–water partition coefficient (Wildman–Crippen LogP) is 0.660. The molecule has 0 spiro atoms. The van der Waals surface area contributed by atoms with Gasteiger partial charge in [-0.1, -0.05) is 30.3 Å². The highest BCUT2D eigenvalue weighted by molar-refractivity contribution is 5.68. The fraction of sp³-hybridized carbons (Fsp3) is 0.611. The van der Waals surface area contributed by atoms with Crippen molar-refractivity contribution in [1.82, 2.24) is 14.7 Å². The minimum Gasteiger partial charge on any atom is -0.379 e. The van der Waals surface area contributed by atoms with Gasteiger partial charge in [0, 0.05) is 45.8 Å². The molecule has 1 unspecified atom stereocenters. The Kier molecular flexibility index (Phi) is 5.43. The van der Waals surface area contributed by atoms with Crippen LogP contribution in [0.4, 0.5) is 0 Å². The lowest BCUT2D eigenvalue weighted by atomic mass is 9.88. The van der Waals surface area contributed by atoms with E-state index in [-0.39, 0.29) is 0 Å². The van der Waals surface area contributed by atoms with Crippen LogP contribution in [0.2, 0.25) is 0 Å². The molecule has 0 aliphatic carbocycles. The molecule has 1 atom stereocenters. The Balaban J connectivity index is 1.87. The van der Waals surface area contributed by atoms with Crippen molar-refractivity contribution in [3.63, 3.8) is 0 Å². The summed E-state index contributed by atoms with van der Waals surface area (Å²) in [5.74, 6) is 0. The summed E-state index contributed by atoms with van der Waals surface area (Å²) >= 11 is 0. The fourth-order valence-corrected chi connectivity index (χ4v) is 3.59. The average molecular weight is 317 g/mol. The standard InChI is InChI=1S/C18H27N3O2/c1-19-7-9-20(10-8-19)15-18(16-22,17-5-3-2-4-6-17)21-11-13-23-14-12-21/h2-6,16H,7-15H2,1H3. The fourth-order valence-electron chi connectivity index (χ4n) is 3.59. The van der Waals surface area contributed by atoms with Gasteiger partial charge in [0.2, 0.25) is 0 Å². The third kappa shape index (κ3) is 3.63. The van der Waals surface area contributed by atoms with E-state index in [4.69, 9.17) is 4.74 Å². The maximum absolute atomic E-state index is 12.3. The number of benzene rings is 1. The second-order valence-corrected chi connectivity index (χ2v) is 6.59. The molecule has 5 nitrogen and oxygen atoms in total. The van der Waals surface area contributed by atoms with E-state index in [1.807, 2.05) is 18.2 Å². The van der Waals surface area contributed by atoms with Crippen molar-refractivity contribution in [1.29, 1.82) is 0 Å². The molecule has 0 aromatic heterocycles. The van der Waals surface area contributed by atoms with Crippen LogP contribution in [0.25, 0.3) is 0 Å². The molecule has 0 radical (unpaired) electrons. The molecule has 0 N–H and O–H groups in total. The first-order valence-corrected chi connectivity index (χ1v) is 8.50. The molecule has 2 aliphatic rings. The highest BCUT2D eigenvalue weighted by Crippen LogP contribution is 2.29. The van der Waals surface area contributed by atoms with Crippen molar-refractivity contribution >= 4 is 6.29 Å². The molecule has 3 rings (SSSR count). The molecule has 0 bridgehead atoms. The number of morpholine rings is 1. The molecule has 2 aliphatic heterocycles. The van der Waals surface area contributed by atoms with Gasteiger partial charge in [-0.25, -0.2) is 0 Å². The van der Waals surface area contributed by atoms with Gasteiger partial charge in [0.05, 0.1) is 13.2 Å². The number of hydrogen-bond donors (Lipinski definition) is 0. The lowest BCUT2D eigenvalue weighted by Gasteiger charge is -2.46. The van der Waals surface area contributed by atoms with Crippen LogP contribution in [0.3, 0.4) is 0 Å². The van der Waals surface area contributed by atoms with E-state index < -0.39 is 5.54 Å². The highest BCUT2D eigenvalue weighted by Gasteiger charge is 2.41. The SMILES string of the molecule is CN1CCN(CC(C=O)(c2ccccc2)N2CCOCC2)CC1. The molecule has 2 heterocycles. The lowest BCUT2D eigenvalue weighted by Crippen LogP contribution is -2.59.